The smallest absolute Gasteiger partial charge is 0.303 e. The van der Waals surface area contributed by atoms with Crippen LogP contribution in [-0.2, 0) is 19.9 Å². The van der Waals surface area contributed by atoms with Crippen LogP contribution in [-0.4, -0.2) is 61.4 Å². The van der Waals surface area contributed by atoms with Crippen molar-refractivity contribution in [1.82, 2.24) is 4.90 Å². The summed E-state index contributed by atoms with van der Waals surface area (Å²) >= 11 is 0. The van der Waals surface area contributed by atoms with E-state index in [0.29, 0.717) is 6.61 Å². The molecule has 0 radical (unpaired) electrons. The highest BCUT2D eigenvalue weighted by Crippen LogP contribution is 2.34. The van der Waals surface area contributed by atoms with Crippen LogP contribution in [0.3, 0.4) is 0 Å². The topological polar surface area (TPSA) is 96.3 Å². The fraction of sp³-hybridized carbons (Fsp3) is 0.391. The molecule has 0 aliphatic rings. The van der Waals surface area contributed by atoms with Crippen LogP contribution in [0.5, 0.6) is 5.75 Å². The van der Waals surface area contributed by atoms with Crippen molar-refractivity contribution >= 4 is 11.9 Å². The second kappa shape index (κ2) is 12.6. The van der Waals surface area contributed by atoms with E-state index in [1.54, 1.807) is 7.11 Å². The zero-order chi connectivity index (χ0) is 22.6. The van der Waals surface area contributed by atoms with E-state index in [-0.39, 0.29) is 12.8 Å². The van der Waals surface area contributed by atoms with E-state index in [0.717, 1.165) is 23.4 Å². The van der Waals surface area contributed by atoms with Crippen molar-refractivity contribution in [3.63, 3.8) is 0 Å². The molecule has 2 N–H and O–H groups in total. The van der Waals surface area contributed by atoms with E-state index in [1.807, 2.05) is 30.3 Å². The van der Waals surface area contributed by atoms with E-state index in [2.05, 4.69) is 50.2 Å². The molecule has 2 rings (SSSR count). The zero-order valence-corrected chi connectivity index (χ0v) is 18.0. The lowest BCUT2D eigenvalue weighted by Gasteiger charge is -2.32. The van der Waals surface area contributed by atoms with Gasteiger partial charge in [-0.1, -0.05) is 42.5 Å². The Morgan fingerprint density at radius 2 is 1.40 bits per heavy atom. The summed E-state index contributed by atoms with van der Waals surface area (Å²) in [7, 11) is 5.78. The third-order valence-electron chi connectivity index (χ3n) is 4.45. The number of methoxy groups -OCH3 is 1. The maximum atomic E-state index is 9.64. The number of carbonyl (C=O) groups is 2. The number of benzene rings is 2. The molecule has 7 nitrogen and oxygen atoms in total. The molecule has 0 saturated heterocycles. The Morgan fingerprint density at radius 3 is 1.83 bits per heavy atom. The number of hydrogen-bond acceptors (Lipinski definition) is 5. The van der Waals surface area contributed by atoms with Gasteiger partial charge in [0.2, 0.25) is 0 Å². The Bertz CT molecular complexity index is 762. The van der Waals surface area contributed by atoms with Crippen molar-refractivity contribution in [1.29, 1.82) is 0 Å². The minimum Gasteiger partial charge on any atom is -0.497 e. The summed E-state index contributed by atoms with van der Waals surface area (Å²) < 4.78 is 11.6. The number of aliphatic carboxylic acids is 2. The van der Waals surface area contributed by atoms with Gasteiger partial charge < -0.3 is 24.6 Å². The predicted octanol–water partition coefficient (Wildman–Crippen LogP) is 3.47. The SMILES string of the molecule is COc1ccc(C(C)(OCCN(C)C)c2ccccc2)cc1.O=C(O)CCC(=O)O. The molecule has 0 aliphatic carbocycles. The minimum atomic E-state index is -1.08. The molecular weight excluding hydrogens is 386 g/mol. The van der Waals surface area contributed by atoms with Gasteiger partial charge in [0.15, 0.2) is 0 Å². The molecule has 0 heterocycles. The number of ether oxygens (including phenoxy) is 2. The largest absolute Gasteiger partial charge is 0.497 e. The van der Waals surface area contributed by atoms with Crippen molar-refractivity contribution in [3.8, 4) is 5.75 Å². The van der Waals surface area contributed by atoms with Crippen LogP contribution < -0.4 is 4.74 Å². The average Bonchev–Trinajstić information content (AvgIpc) is 2.73. The van der Waals surface area contributed by atoms with Crippen LogP contribution >= 0.6 is 0 Å². The lowest BCUT2D eigenvalue weighted by atomic mass is 9.88. The molecule has 164 valence electrons. The van der Waals surface area contributed by atoms with Gasteiger partial charge in [-0.3, -0.25) is 9.59 Å². The summed E-state index contributed by atoms with van der Waals surface area (Å²) in [4.78, 5) is 21.4. The van der Waals surface area contributed by atoms with Gasteiger partial charge >= 0.3 is 11.9 Å². The first kappa shape index (κ1) is 25.1. The number of carboxylic acid groups (broad SMARTS) is 2. The molecule has 2 aromatic rings. The van der Waals surface area contributed by atoms with Crippen LogP contribution in [0, 0.1) is 0 Å². The first-order valence-corrected chi connectivity index (χ1v) is 9.61. The van der Waals surface area contributed by atoms with E-state index < -0.39 is 17.5 Å². The molecular formula is C23H31NO6. The van der Waals surface area contributed by atoms with Crippen LogP contribution in [0.2, 0.25) is 0 Å². The second-order valence-corrected chi connectivity index (χ2v) is 7.07. The van der Waals surface area contributed by atoms with Crippen molar-refractivity contribution in [2.24, 2.45) is 0 Å². The Balaban J connectivity index is 0.000000479. The third-order valence-corrected chi connectivity index (χ3v) is 4.45. The minimum absolute atomic E-state index is 0.296. The summed E-state index contributed by atoms with van der Waals surface area (Å²) in [5.41, 5.74) is 1.81. The van der Waals surface area contributed by atoms with Crippen LogP contribution in [0.15, 0.2) is 54.6 Å². The van der Waals surface area contributed by atoms with E-state index >= 15 is 0 Å². The van der Waals surface area contributed by atoms with Crippen molar-refractivity contribution < 1.29 is 29.3 Å². The summed E-state index contributed by atoms with van der Waals surface area (Å²) in [6, 6.07) is 18.4. The standard InChI is InChI=1S/C19H25NO2.C4H6O4/c1-19(22-15-14-20(2)3,16-8-6-5-7-9-16)17-10-12-18(21-4)13-11-17;5-3(6)1-2-4(7)8/h5-13H,14-15H2,1-4H3;1-2H2,(H,5,6)(H,7,8). The van der Waals surface area contributed by atoms with Gasteiger partial charge in [-0.15, -0.1) is 0 Å². The highest BCUT2D eigenvalue weighted by Gasteiger charge is 2.29. The van der Waals surface area contributed by atoms with Gasteiger partial charge in [0.05, 0.1) is 26.6 Å². The molecule has 0 amide bonds. The van der Waals surface area contributed by atoms with Gasteiger partial charge in [0, 0.05) is 6.54 Å². The Hall–Kier alpha value is -2.90. The monoisotopic (exact) mass is 417 g/mol. The molecule has 0 bridgehead atoms. The molecule has 1 atom stereocenters. The first-order valence-electron chi connectivity index (χ1n) is 9.61. The quantitative estimate of drug-likeness (QED) is 0.611. The molecule has 0 spiro atoms. The number of carboxylic acids is 2. The Morgan fingerprint density at radius 1 is 0.900 bits per heavy atom. The normalized spacial score (nSPS) is 12.4. The van der Waals surface area contributed by atoms with Gasteiger partial charge in [-0.25, -0.2) is 0 Å². The third kappa shape index (κ3) is 8.63. The molecule has 1 unspecified atom stereocenters. The summed E-state index contributed by atoms with van der Waals surface area (Å²) in [6.07, 6.45) is -0.593. The van der Waals surface area contributed by atoms with Gasteiger partial charge in [-0.2, -0.15) is 0 Å². The number of rotatable bonds is 10. The zero-order valence-electron chi connectivity index (χ0n) is 18.0. The maximum Gasteiger partial charge on any atom is 0.303 e. The fourth-order valence-electron chi connectivity index (χ4n) is 2.64. The van der Waals surface area contributed by atoms with Gasteiger partial charge in [0.25, 0.3) is 0 Å². The molecule has 7 heteroatoms. The molecule has 0 aromatic heterocycles. The average molecular weight is 418 g/mol. The fourth-order valence-corrected chi connectivity index (χ4v) is 2.64. The van der Waals surface area contributed by atoms with Crippen molar-refractivity contribution in [2.45, 2.75) is 25.4 Å². The van der Waals surface area contributed by atoms with E-state index in [9.17, 15) is 9.59 Å². The molecule has 30 heavy (non-hydrogen) atoms. The Labute approximate surface area is 177 Å². The highest BCUT2D eigenvalue weighted by molar-refractivity contribution is 5.75. The van der Waals surface area contributed by atoms with Gasteiger partial charge in [0.1, 0.15) is 11.4 Å². The summed E-state index contributed by atoms with van der Waals surface area (Å²) in [5, 5.41) is 15.8. The van der Waals surface area contributed by atoms with Crippen LogP contribution in [0.25, 0.3) is 0 Å². The van der Waals surface area contributed by atoms with E-state index in [1.165, 1.54) is 0 Å². The summed E-state index contributed by atoms with van der Waals surface area (Å²) in [6.45, 7) is 3.68. The summed E-state index contributed by atoms with van der Waals surface area (Å²) in [5.74, 6) is -1.30. The van der Waals surface area contributed by atoms with Crippen LogP contribution in [0.4, 0.5) is 0 Å². The van der Waals surface area contributed by atoms with Crippen molar-refractivity contribution in [3.05, 3.63) is 65.7 Å². The number of likely N-dealkylation sites (N-methyl/N-ethyl adjacent to an activating group) is 1. The number of nitrogens with zero attached hydrogens (tertiary/aromatic N) is 1. The molecule has 0 fully saturated rings. The second-order valence-electron chi connectivity index (χ2n) is 7.07. The number of hydrogen-bond donors (Lipinski definition) is 2. The highest BCUT2D eigenvalue weighted by atomic mass is 16.5. The lowest BCUT2D eigenvalue weighted by Crippen LogP contribution is -2.31. The first-order chi connectivity index (χ1) is 14.2. The maximum absolute atomic E-state index is 9.64. The van der Waals surface area contributed by atoms with Crippen molar-refractivity contribution in [2.75, 3.05) is 34.4 Å². The van der Waals surface area contributed by atoms with E-state index in [4.69, 9.17) is 19.7 Å². The molecule has 2 aromatic carbocycles. The molecule has 0 aliphatic heterocycles. The van der Waals surface area contributed by atoms with Crippen LogP contribution in [0.1, 0.15) is 30.9 Å². The predicted molar refractivity (Wildman–Crippen MR) is 115 cm³/mol. The molecule has 0 saturated carbocycles. The lowest BCUT2D eigenvalue weighted by molar-refractivity contribution is -0.143. The van der Waals surface area contributed by atoms with Gasteiger partial charge in [-0.05, 0) is 44.3 Å². The Kier molecular flexibility index (Phi) is 10.6.